The van der Waals surface area contributed by atoms with Crippen molar-refractivity contribution >= 4 is 46.7 Å². The van der Waals surface area contributed by atoms with E-state index in [0.29, 0.717) is 21.3 Å². The van der Waals surface area contributed by atoms with E-state index in [1.54, 1.807) is 18.2 Å². The van der Waals surface area contributed by atoms with E-state index in [1.807, 2.05) is 0 Å². The molecule has 1 aliphatic rings. The number of anilines is 1. The normalized spacial score (nSPS) is 16.3. The first-order valence-corrected chi connectivity index (χ1v) is 8.80. The van der Waals surface area contributed by atoms with Crippen LogP contribution in [0.1, 0.15) is 16.8 Å². The third-order valence-electron chi connectivity index (χ3n) is 4.15. The lowest BCUT2D eigenvalue weighted by molar-refractivity contribution is -0.139. The molecule has 140 valence electrons. The number of benzene rings is 2. The molecule has 0 spiro atoms. The molecule has 0 unspecified atom stereocenters. The molecule has 2 aromatic rings. The van der Waals surface area contributed by atoms with E-state index >= 15 is 0 Å². The molecule has 1 amide bonds. The SMILES string of the molecule is COC(=O)c1ccc(OC(=O)[C@@H]2CC(=O)N(c3cc(Cl)ccc3Cl)C2)cc1. The molecule has 8 heteroatoms. The number of rotatable bonds is 4. The van der Waals surface area contributed by atoms with Crippen molar-refractivity contribution in [1.82, 2.24) is 0 Å². The number of carbonyl (C=O) groups excluding carboxylic acids is 3. The Kier molecular flexibility index (Phi) is 5.68. The Bertz CT molecular complexity index is 897. The van der Waals surface area contributed by atoms with Crippen molar-refractivity contribution in [1.29, 1.82) is 0 Å². The van der Waals surface area contributed by atoms with Gasteiger partial charge >= 0.3 is 11.9 Å². The predicted molar refractivity (Wildman–Crippen MR) is 100 cm³/mol. The topological polar surface area (TPSA) is 72.9 Å². The van der Waals surface area contributed by atoms with Crippen LogP contribution in [0.5, 0.6) is 5.75 Å². The molecule has 2 aromatic carbocycles. The molecule has 1 fully saturated rings. The highest BCUT2D eigenvalue weighted by atomic mass is 35.5. The van der Waals surface area contributed by atoms with Gasteiger partial charge in [-0.2, -0.15) is 0 Å². The molecule has 0 saturated carbocycles. The Labute approximate surface area is 165 Å². The minimum Gasteiger partial charge on any atom is -0.465 e. The summed E-state index contributed by atoms with van der Waals surface area (Å²) >= 11 is 12.1. The van der Waals surface area contributed by atoms with Crippen molar-refractivity contribution in [2.75, 3.05) is 18.6 Å². The van der Waals surface area contributed by atoms with Crippen molar-refractivity contribution in [2.45, 2.75) is 6.42 Å². The number of hydrogen-bond acceptors (Lipinski definition) is 5. The van der Waals surface area contributed by atoms with E-state index in [1.165, 1.54) is 36.3 Å². The maximum atomic E-state index is 12.4. The zero-order chi connectivity index (χ0) is 19.6. The number of carbonyl (C=O) groups is 3. The lowest BCUT2D eigenvalue weighted by Crippen LogP contribution is -2.27. The largest absolute Gasteiger partial charge is 0.465 e. The highest BCUT2D eigenvalue weighted by molar-refractivity contribution is 6.35. The van der Waals surface area contributed by atoms with Gasteiger partial charge in [-0.15, -0.1) is 0 Å². The van der Waals surface area contributed by atoms with Crippen LogP contribution in [0.2, 0.25) is 10.0 Å². The maximum absolute atomic E-state index is 12.4. The fourth-order valence-corrected chi connectivity index (χ4v) is 3.15. The molecule has 27 heavy (non-hydrogen) atoms. The predicted octanol–water partition coefficient (Wildman–Crippen LogP) is 3.74. The van der Waals surface area contributed by atoms with Gasteiger partial charge in [0.1, 0.15) is 5.75 Å². The lowest BCUT2D eigenvalue weighted by atomic mass is 10.1. The first-order chi connectivity index (χ1) is 12.9. The van der Waals surface area contributed by atoms with Gasteiger partial charge in [0.25, 0.3) is 0 Å². The zero-order valence-electron chi connectivity index (χ0n) is 14.3. The lowest BCUT2D eigenvalue weighted by Gasteiger charge is -2.18. The van der Waals surface area contributed by atoms with Crippen LogP contribution in [0.15, 0.2) is 42.5 Å². The van der Waals surface area contributed by atoms with Gasteiger partial charge in [-0.05, 0) is 42.5 Å². The molecule has 3 rings (SSSR count). The van der Waals surface area contributed by atoms with E-state index in [0.717, 1.165) is 0 Å². The van der Waals surface area contributed by atoms with E-state index in [2.05, 4.69) is 4.74 Å². The number of esters is 2. The van der Waals surface area contributed by atoms with Crippen LogP contribution >= 0.6 is 23.2 Å². The second-order valence-corrected chi connectivity index (χ2v) is 6.78. The number of halogens is 2. The van der Waals surface area contributed by atoms with Gasteiger partial charge in [0.2, 0.25) is 5.91 Å². The van der Waals surface area contributed by atoms with Gasteiger partial charge < -0.3 is 14.4 Å². The number of amides is 1. The molecule has 0 bridgehead atoms. The smallest absolute Gasteiger partial charge is 0.337 e. The third kappa shape index (κ3) is 4.23. The van der Waals surface area contributed by atoms with Crippen molar-refractivity contribution in [3.05, 3.63) is 58.1 Å². The summed E-state index contributed by atoms with van der Waals surface area (Å²) in [5.74, 6) is -1.60. The standard InChI is InChI=1S/C19H15Cl2NO5/c1-26-18(24)11-2-5-14(6-3-11)27-19(25)12-8-17(23)22(10-12)16-9-13(20)4-7-15(16)21/h2-7,9,12H,8,10H2,1H3/t12-/m1/s1. The molecule has 0 aliphatic carbocycles. The van der Waals surface area contributed by atoms with Crippen molar-refractivity contribution in [2.24, 2.45) is 5.92 Å². The summed E-state index contributed by atoms with van der Waals surface area (Å²) < 4.78 is 9.94. The second kappa shape index (κ2) is 7.98. The highest BCUT2D eigenvalue weighted by Gasteiger charge is 2.37. The van der Waals surface area contributed by atoms with E-state index in [-0.39, 0.29) is 24.6 Å². The Hall–Kier alpha value is -2.57. The fourth-order valence-electron chi connectivity index (χ4n) is 2.77. The van der Waals surface area contributed by atoms with Crippen LogP contribution in [0, 0.1) is 5.92 Å². The van der Waals surface area contributed by atoms with Gasteiger partial charge in [-0.3, -0.25) is 9.59 Å². The van der Waals surface area contributed by atoms with Gasteiger partial charge in [0.05, 0.1) is 29.3 Å². The monoisotopic (exact) mass is 407 g/mol. The highest BCUT2D eigenvalue weighted by Crippen LogP contribution is 2.33. The van der Waals surface area contributed by atoms with Gasteiger partial charge in [0, 0.05) is 18.0 Å². The quantitative estimate of drug-likeness (QED) is 0.569. The van der Waals surface area contributed by atoms with Gasteiger partial charge in [-0.25, -0.2) is 4.79 Å². The molecule has 0 aromatic heterocycles. The molecule has 1 saturated heterocycles. The van der Waals surface area contributed by atoms with E-state index < -0.39 is 17.9 Å². The minimum atomic E-state index is -0.632. The molecule has 1 heterocycles. The van der Waals surface area contributed by atoms with E-state index in [4.69, 9.17) is 27.9 Å². The third-order valence-corrected chi connectivity index (χ3v) is 4.71. The van der Waals surface area contributed by atoms with Crippen LogP contribution in [-0.4, -0.2) is 31.5 Å². The summed E-state index contributed by atoms with van der Waals surface area (Å²) in [5, 5.41) is 0.819. The van der Waals surface area contributed by atoms with Gasteiger partial charge in [-0.1, -0.05) is 23.2 Å². The summed E-state index contributed by atoms with van der Waals surface area (Å²) in [6.45, 7) is 0.151. The summed E-state index contributed by atoms with van der Waals surface area (Å²) in [5.41, 5.74) is 0.807. The molecular formula is C19H15Cl2NO5. The zero-order valence-corrected chi connectivity index (χ0v) is 15.8. The van der Waals surface area contributed by atoms with Crippen LogP contribution in [0.4, 0.5) is 5.69 Å². The Balaban J connectivity index is 1.69. The number of methoxy groups -OCH3 is 1. The van der Waals surface area contributed by atoms with Crippen LogP contribution < -0.4 is 9.64 Å². The average Bonchev–Trinajstić information content (AvgIpc) is 3.05. The number of ether oxygens (including phenoxy) is 2. The molecule has 1 aliphatic heterocycles. The Morgan fingerprint density at radius 3 is 2.48 bits per heavy atom. The summed E-state index contributed by atoms with van der Waals surface area (Å²) in [6, 6.07) is 10.8. The molecule has 0 N–H and O–H groups in total. The molecule has 6 nitrogen and oxygen atoms in total. The van der Waals surface area contributed by atoms with Gasteiger partial charge in [0.15, 0.2) is 0 Å². The first-order valence-electron chi connectivity index (χ1n) is 8.04. The Morgan fingerprint density at radius 2 is 1.81 bits per heavy atom. The second-order valence-electron chi connectivity index (χ2n) is 5.94. The minimum absolute atomic E-state index is 0.0158. The average molecular weight is 408 g/mol. The Morgan fingerprint density at radius 1 is 1.11 bits per heavy atom. The van der Waals surface area contributed by atoms with Crippen LogP contribution in [0.3, 0.4) is 0 Å². The molecular weight excluding hydrogens is 393 g/mol. The van der Waals surface area contributed by atoms with Crippen LogP contribution in [-0.2, 0) is 14.3 Å². The maximum Gasteiger partial charge on any atom is 0.337 e. The van der Waals surface area contributed by atoms with E-state index in [9.17, 15) is 14.4 Å². The van der Waals surface area contributed by atoms with Crippen molar-refractivity contribution in [3.8, 4) is 5.75 Å². The number of nitrogens with zero attached hydrogens (tertiary/aromatic N) is 1. The van der Waals surface area contributed by atoms with Crippen LogP contribution in [0.25, 0.3) is 0 Å². The molecule has 0 radical (unpaired) electrons. The first kappa shape index (κ1) is 19.2. The van der Waals surface area contributed by atoms with Crippen molar-refractivity contribution in [3.63, 3.8) is 0 Å². The van der Waals surface area contributed by atoms with Crippen molar-refractivity contribution < 1.29 is 23.9 Å². The summed E-state index contributed by atoms with van der Waals surface area (Å²) in [6.07, 6.45) is 0.0158. The number of hydrogen-bond donors (Lipinski definition) is 0. The summed E-state index contributed by atoms with van der Waals surface area (Å²) in [7, 11) is 1.28. The summed E-state index contributed by atoms with van der Waals surface area (Å²) in [4.78, 5) is 37.6. The molecule has 1 atom stereocenters. The fraction of sp³-hybridized carbons (Fsp3) is 0.211.